The molecule has 1 atom stereocenters. The molecule has 0 aliphatic carbocycles. The molecule has 7 heteroatoms. The van der Waals surface area contributed by atoms with Crippen molar-refractivity contribution in [2.75, 3.05) is 33.4 Å². The molecule has 0 heterocycles. The smallest absolute Gasteiger partial charge is 0.238 e. The second-order valence-corrected chi connectivity index (χ2v) is 6.66. The second-order valence-electron chi connectivity index (χ2n) is 5.52. The van der Waals surface area contributed by atoms with Gasteiger partial charge in [0.2, 0.25) is 5.91 Å². The van der Waals surface area contributed by atoms with Crippen molar-refractivity contribution in [3.05, 3.63) is 65.7 Å². The first-order valence-corrected chi connectivity index (χ1v) is 9.14. The molecule has 0 fully saturated rings. The predicted octanol–water partition coefficient (Wildman–Crippen LogP) is 3.15. The Balaban J connectivity index is 2.04. The Hall–Kier alpha value is -1.96. The van der Waals surface area contributed by atoms with Crippen LogP contribution in [0.25, 0.3) is 0 Å². The molecule has 26 heavy (non-hydrogen) atoms. The molecule has 0 saturated carbocycles. The van der Waals surface area contributed by atoms with E-state index in [0.29, 0.717) is 26.2 Å². The number of nitrogens with one attached hydrogen (secondary N) is 2. The van der Waals surface area contributed by atoms with E-state index in [1.54, 1.807) is 19.2 Å². The first kappa shape index (κ1) is 20.4. The highest BCUT2D eigenvalue weighted by atomic mass is 32.2. The molecule has 1 amide bonds. The number of methoxy groups -OCH3 is 1. The number of carbonyl (C=O) groups excluding carboxylic acids is 1. The normalized spacial score (nSPS) is 12.0. The molecule has 4 nitrogen and oxygen atoms in total. The minimum Gasteiger partial charge on any atom is -0.383 e. The Morgan fingerprint density at radius 1 is 1.12 bits per heavy atom. The summed E-state index contributed by atoms with van der Waals surface area (Å²) in [5.74, 6) is -1.34. The molecular formula is C19H22F2N2O2S. The van der Waals surface area contributed by atoms with Crippen LogP contribution in [0.5, 0.6) is 0 Å². The number of thioether (sulfide) groups is 1. The molecule has 0 spiro atoms. The molecule has 0 aromatic heterocycles. The van der Waals surface area contributed by atoms with Gasteiger partial charge in [0.05, 0.1) is 6.61 Å². The maximum atomic E-state index is 14.0. The van der Waals surface area contributed by atoms with E-state index >= 15 is 0 Å². The Morgan fingerprint density at radius 2 is 1.88 bits per heavy atom. The zero-order valence-electron chi connectivity index (χ0n) is 14.5. The number of amides is 1. The quantitative estimate of drug-likeness (QED) is 0.491. The SMILES string of the molecule is COCCNCCNC(=O)C(Sc1cc(F)ccc1F)c1ccccc1. The van der Waals surface area contributed by atoms with Gasteiger partial charge in [0.1, 0.15) is 16.9 Å². The van der Waals surface area contributed by atoms with Crippen molar-refractivity contribution in [1.29, 1.82) is 0 Å². The molecule has 2 aromatic carbocycles. The standard InChI is InChI=1S/C19H22F2N2O2S/c1-25-12-11-22-9-10-23-19(24)18(14-5-3-2-4-6-14)26-17-13-15(20)7-8-16(17)21/h2-8,13,18,22H,9-12H2,1H3,(H,23,24). The van der Waals surface area contributed by atoms with E-state index in [2.05, 4.69) is 10.6 Å². The van der Waals surface area contributed by atoms with Gasteiger partial charge in [-0.3, -0.25) is 4.79 Å². The molecule has 1 unspecified atom stereocenters. The van der Waals surface area contributed by atoms with Crippen molar-refractivity contribution in [3.8, 4) is 0 Å². The van der Waals surface area contributed by atoms with Crippen molar-refractivity contribution in [2.45, 2.75) is 10.1 Å². The van der Waals surface area contributed by atoms with Gasteiger partial charge in [0.15, 0.2) is 0 Å². The third-order valence-corrected chi connectivity index (χ3v) is 4.85. The first-order valence-electron chi connectivity index (χ1n) is 8.26. The second kappa shape index (κ2) is 10.9. The average molecular weight is 380 g/mol. The maximum absolute atomic E-state index is 14.0. The minimum atomic E-state index is -0.675. The van der Waals surface area contributed by atoms with Gasteiger partial charge in [0.25, 0.3) is 0 Å². The number of halogens is 2. The predicted molar refractivity (Wildman–Crippen MR) is 99.2 cm³/mol. The number of rotatable bonds is 10. The molecule has 0 saturated heterocycles. The van der Waals surface area contributed by atoms with Gasteiger partial charge in [-0.05, 0) is 23.8 Å². The molecule has 2 aromatic rings. The Morgan fingerprint density at radius 3 is 2.62 bits per heavy atom. The van der Waals surface area contributed by atoms with Gasteiger partial charge in [-0.15, -0.1) is 11.8 Å². The minimum absolute atomic E-state index is 0.104. The summed E-state index contributed by atoms with van der Waals surface area (Å²) in [5, 5.41) is 5.29. The van der Waals surface area contributed by atoms with Gasteiger partial charge >= 0.3 is 0 Å². The Bertz CT molecular complexity index is 701. The largest absolute Gasteiger partial charge is 0.383 e. The van der Waals surface area contributed by atoms with Crippen LogP contribution < -0.4 is 10.6 Å². The van der Waals surface area contributed by atoms with Crippen LogP contribution in [0.15, 0.2) is 53.4 Å². The number of carbonyl (C=O) groups is 1. The lowest BCUT2D eigenvalue weighted by atomic mass is 10.1. The summed E-state index contributed by atoms with van der Waals surface area (Å²) in [6.07, 6.45) is 0. The van der Waals surface area contributed by atoms with Crippen molar-refractivity contribution >= 4 is 17.7 Å². The van der Waals surface area contributed by atoms with Crippen LogP contribution in [0, 0.1) is 11.6 Å². The zero-order chi connectivity index (χ0) is 18.8. The lowest BCUT2D eigenvalue weighted by Gasteiger charge is -2.17. The van der Waals surface area contributed by atoms with Crippen LogP contribution in [0.1, 0.15) is 10.8 Å². The van der Waals surface area contributed by atoms with Crippen LogP contribution >= 0.6 is 11.8 Å². The summed E-state index contributed by atoms with van der Waals surface area (Å²) in [4.78, 5) is 12.7. The fraction of sp³-hybridized carbons (Fsp3) is 0.316. The molecule has 0 radical (unpaired) electrons. The molecule has 0 bridgehead atoms. The first-order chi connectivity index (χ1) is 12.6. The van der Waals surface area contributed by atoms with E-state index < -0.39 is 16.9 Å². The highest BCUT2D eigenvalue weighted by Crippen LogP contribution is 2.37. The lowest BCUT2D eigenvalue weighted by Crippen LogP contribution is -2.35. The van der Waals surface area contributed by atoms with E-state index in [1.165, 1.54) is 0 Å². The highest BCUT2D eigenvalue weighted by molar-refractivity contribution is 8.00. The molecule has 2 N–H and O–H groups in total. The lowest BCUT2D eigenvalue weighted by molar-refractivity contribution is -0.120. The molecular weight excluding hydrogens is 358 g/mol. The van der Waals surface area contributed by atoms with E-state index in [-0.39, 0.29) is 10.8 Å². The van der Waals surface area contributed by atoms with Gasteiger partial charge in [-0.2, -0.15) is 0 Å². The summed E-state index contributed by atoms with van der Waals surface area (Å²) in [7, 11) is 1.62. The van der Waals surface area contributed by atoms with E-state index in [9.17, 15) is 13.6 Å². The summed E-state index contributed by atoms with van der Waals surface area (Å²) in [6.45, 7) is 2.31. The topological polar surface area (TPSA) is 50.4 Å². The van der Waals surface area contributed by atoms with Crippen molar-refractivity contribution < 1.29 is 18.3 Å². The highest BCUT2D eigenvalue weighted by Gasteiger charge is 2.23. The number of hydrogen-bond donors (Lipinski definition) is 2. The average Bonchev–Trinajstić information content (AvgIpc) is 2.65. The molecule has 0 aliphatic rings. The molecule has 2 rings (SSSR count). The van der Waals surface area contributed by atoms with E-state index in [0.717, 1.165) is 35.5 Å². The third-order valence-electron chi connectivity index (χ3n) is 3.56. The van der Waals surface area contributed by atoms with Crippen LogP contribution in [0.3, 0.4) is 0 Å². The van der Waals surface area contributed by atoms with Gasteiger partial charge in [-0.1, -0.05) is 30.3 Å². The maximum Gasteiger partial charge on any atom is 0.238 e. The van der Waals surface area contributed by atoms with E-state index in [1.807, 2.05) is 18.2 Å². The molecule has 0 aliphatic heterocycles. The monoisotopic (exact) mass is 380 g/mol. The summed E-state index contributed by atoms with van der Waals surface area (Å²) in [5.41, 5.74) is 0.728. The van der Waals surface area contributed by atoms with Crippen molar-refractivity contribution in [2.24, 2.45) is 0 Å². The Labute approximate surface area is 156 Å². The van der Waals surface area contributed by atoms with Crippen LogP contribution in [0.4, 0.5) is 8.78 Å². The number of hydrogen-bond acceptors (Lipinski definition) is 4. The van der Waals surface area contributed by atoms with Crippen LogP contribution in [-0.4, -0.2) is 39.3 Å². The van der Waals surface area contributed by atoms with Crippen molar-refractivity contribution in [1.82, 2.24) is 10.6 Å². The summed E-state index contributed by atoms with van der Waals surface area (Å²) >= 11 is 0.995. The fourth-order valence-electron chi connectivity index (χ4n) is 2.26. The number of ether oxygens (including phenoxy) is 1. The zero-order valence-corrected chi connectivity index (χ0v) is 15.3. The van der Waals surface area contributed by atoms with Gasteiger partial charge in [-0.25, -0.2) is 8.78 Å². The van der Waals surface area contributed by atoms with E-state index in [4.69, 9.17) is 4.74 Å². The van der Waals surface area contributed by atoms with Gasteiger partial charge < -0.3 is 15.4 Å². The Kier molecular flexibility index (Phi) is 8.53. The van der Waals surface area contributed by atoms with Crippen molar-refractivity contribution in [3.63, 3.8) is 0 Å². The third kappa shape index (κ3) is 6.40. The van der Waals surface area contributed by atoms with Crippen LogP contribution in [-0.2, 0) is 9.53 Å². The van der Waals surface area contributed by atoms with Gasteiger partial charge in [0, 0.05) is 31.6 Å². The number of benzene rings is 2. The fourth-order valence-corrected chi connectivity index (χ4v) is 3.36. The summed E-state index contributed by atoms with van der Waals surface area (Å²) < 4.78 is 32.4. The molecule has 140 valence electrons. The summed E-state index contributed by atoms with van der Waals surface area (Å²) in [6, 6.07) is 12.3. The van der Waals surface area contributed by atoms with Crippen LogP contribution in [0.2, 0.25) is 0 Å².